The number of amides is 5. The molecule has 5 atom stereocenters. The maximum absolute atomic E-state index is 14.4. The maximum atomic E-state index is 14.4. The second-order valence-corrected chi connectivity index (χ2v) is 15.4. The van der Waals surface area contributed by atoms with E-state index in [1.54, 1.807) is 32.9 Å². The highest BCUT2D eigenvalue weighted by Crippen LogP contribution is 2.47. The quantitative estimate of drug-likeness (QED) is 0.362. The summed E-state index contributed by atoms with van der Waals surface area (Å²) in [5.74, 6) is -2.93. The van der Waals surface area contributed by atoms with Crippen LogP contribution in [-0.4, -0.2) is 75.6 Å². The van der Waals surface area contributed by atoms with Gasteiger partial charge >= 0.3 is 12.2 Å². The molecule has 0 radical (unpaired) electrons. The molecule has 3 heterocycles. The predicted molar refractivity (Wildman–Crippen MR) is 186 cm³/mol. The van der Waals surface area contributed by atoms with Crippen LogP contribution < -0.4 is 21.0 Å². The second-order valence-electron chi connectivity index (χ2n) is 15.4. The summed E-state index contributed by atoms with van der Waals surface area (Å²) in [6, 6.07) is 7.68. The standard InChI is InChI=1S/C38H47F2N5O8/c1-37(2,3)52-35(49)41-30-16-8-6-4-5-7-12-24-19-38(24,34(48)43-53-26-14-10-13-25(39)17-26)42-32(46)31-18-27(21-45(31)33(30)47)51-36(50)44-20-23-11-9-15-29(40)28(23)22-44/h9-11,13-15,17,24,27,30-31H,4-8,12,16,18-22H2,1-3H3,(H,41,49)(H,42,46)(H,43,48)/t24-,27+,30-,31-,38+/m0/s1. The molecule has 5 amide bonds. The number of carbonyl (C=O) groups is 5. The molecule has 4 aliphatic rings. The van der Waals surface area contributed by atoms with Gasteiger partial charge in [0.15, 0.2) is 5.75 Å². The largest absolute Gasteiger partial charge is 0.444 e. The van der Waals surface area contributed by atoms with Crippen LogP contribution in [0.5, 0.6) is 5.75 Å². The number of hydrogen-bond donors (Lipinski definition) is 3. The highest BCUT2D eigenvalue weighted by molar-refractivity contribution is 5.98. The van der Waals surface area contributed by atoms with Crippen LogP contribution in [0.3, 0.4) is 0 Å². The Labute approximate surface area is 307 Å². The summed E-state index contributed by atoms with van der Waals surface area (Å²) in [6.07, 6.45) is 2.70. The van der Waals surface area contributed by atoms with Crippen molar-refractivity contribution in [3.05, 3.63) is 65.2 Å². The molecule has 1 saturated carbocycles. The molecule has 286 valence electrons. The van der Waals surface area contributed by atoms with Gasteiger partial charge in [-0.25, -0.2) is 18.4 Å². The SMILES string of the molecule is CC(C)(C)OC(=O)N[C@H]1CCCCCCC[C@H]2C[C@@]2(C(=O)NOc2cccc(F)c2)NC(=O)[C@@H]2C[C@@H](OC(=O)N3Cc4cccc(F)c4C3)CN2C1=O. The summed E-state index contributed by atoms with van der Waals surface area (Å²) in [7, 11) is 0. The third kappa shape index (κ3) is 8.99. The van der Waals surface area contributed by atoms with Crippen LogP contribution in [0.15, 0.2) is 42.5 Å². The maximum Gasteiger partial charge on any atom is 0.410 e. The van der Waals surface area contributed by atoms with Crippen LogP contribution >= 0.6 is 0 Å². The zero-order valence-electron chi connectivity index (χ0n) is 30.3. The lowest BCUT2D eigenvalue weighted by molar-refractivity contribution is -0.142. The Hall–Kier alpha value is -4.95. The zero-order chi connectivity index (χ0) is 37.9. The van der Waals surface area contributed by atoms with E-state index in [1.807, 2.05) is 0 Å². The molecule has 3 fully saturated rings. The van der Waals surface area contributed by atoms with Crippen LogP contribution in [-0.2, 0) is 36.9 Å². The number of alkyl carbamates (subject to hydrolysis) is 1. The van der Waals surface area contributed by atoms with Gasteiger partial charge < -0.3 is 29.8 Å². The molecule has 6 rings (SSSR count). The Morgan fingerprint density at radius 2 is 1.70 bits per heavy atom. The molecule has 0 unspecified atom stereocenters. The van der Waals surface area contributed by atoms with Crippen LogP contribution in [0.25, 0.3) is 0 Å². The number of benzene rings is 2. The molecule has 0 spiro atoms. The van der Waals surface area contributed by atoms with Gasteiger partial charge in [0.05, 0.1) is 13.1 Å². The molecule has 3 N–H and O–H groups in total. The number of hydrogen-bond acceptors (Lipinski definition) is 8. The van der Waals surface area contributed by atoms with Crippen LogP contribution in [0, 0.1) is 17.6 Å². The Morgan fingerprint density at radius 1 is 0.962 bits per heavy atom. The van der Waals surface area contributed by atoms with Gasteiger partial charge in [-0.15, -0.1) is 0 Å². The number of ether oxygens (including phenoxy) is 2. The van der Waals surface area contributed by atoms with Gasteiger partial charge in [-0.05, 0) is 69.7 Å². The van der Waals surface area contributed by atoms with Gasteiger partial charge in [0.1, 0.15) is 41.0 Å². The van der Waals surface area contributed by atoms with E-state index in [-0.39, 0.29) is 44.1 Å². The van der Waals surface area contributed by atoms with E-state index in [1.165, 1.54) is 34.1 Å². The van der Waals surface area contributed by atoms with E-state index in [9.17, 15) is 32.8 Å². The first kappa shape index (κ1) is 37.8. The van der Waals surface area contributed by atoms with Crippen molar-refractivity contribution in [2.75, 3.05) is 6.54 Å². The number of hydroxylamine groups is 1. The highest BCUT2D eigenvalue weighted by Gasteiger charge is 2.62. The molecule has 2 saturated heterocycles. The normalized spacial score (nSPS) is 26.1. The Balaban J connectivity index is 1.23. The smallest absolute Gasteiger partial charge is 0.410 e. The molecule has 0 aromatic heterocycles. The number of nitrogens with one attached hydrogen (secondary N) is 3. The van der Waals surface area contributed by atoms with E-state index in [0.29, 0.717) is 30.4 Å². The van der Waals surface area contributed by atoms with Crippen molar-refractivity contribution in [2.45, 2.75) is 121 Å². The number of halogens is 2. The average Bonchev–Trinajstić information content (AvgIpc) is 3.39. The fourth-order valence-corrected chi connectivity index (χ4v) is 7.48. The molecule has 53 heavy (non-hydrogen) atoms. The minimum Gasteiger partial charge on any atom is -0.444 e. The first-order valence-corrected chi connectivity index (χ1v) is 18.3. The summed E-state index contributed by atoms with van der Waals surface area (Å²) in [5.41, 5.74) is 1.26. The molecule has 2 aromatic rings. The Bertz CT molecular complexity index is 1740. The van der Waals surface area contributed by atoms with Gasteiger partial charge in [0.25, 0.3) is 5.91 Å². The topological polar surface area (TPSA) is 156 Å². The number of carbonyl (C=O) groups excluding carboxylic acids is 5. The number of rotatable bonds is 5. The third-order valence-electron chi connectivity index (χ3n) is 10.2. The Kier molecular flexibility index (Phi) is 11.1. The molecule has 1 aliphatic carbocycles. The van der Waals surface area contributed by atoms with Crippen molar-refractivity contribution < 1.29 is 47.1 Å². The van der Waals surface area contributed by atoms with Crippen molar-refractivity contribution >= 4 is 29.9 Å². The van der Waals surface area contributed by atoms with Gasteiger partial charge in [-0.2, -0.15) is 5.48 Å². The molecule has 3 aliphatic heterocycles. The lowest BCUT2D eigenvalue weighted by Gasteiger charge is -2.30. The Morgan fingerprint density at radius 3 is 2.43 bits per heavy atom. The van der Waals surface area contributed by atoms with Gasteiger partial charge in [0.2, 0.25) is 11.8 Å². The van der Waals surface area contributed by atoms with Crippen LogP contribution in [0.2, 0.25) is 0 Å². The number of fused-ring (bicyclic) bond motifs is 3. The summed E-state index contributed by atoms with van der Waals surface area (Å²) in [4.78, 5) is 76.6. The second kappa shape index (κ2) is 15.6. The summed E-state index contributed by atoms with van der Waals surface area (Å²) in [6.45, 7) is 5.12. The van der Waals surface area contributed by atoms with E-state index >= 15 is 0 Å². The lowest BCUT2D eigenvalue weighted by atomic mass is 10.0. The highest BCUT2D eigenvalue weighted by atomic mass is 19.1. The third-order valence-corrected chi connectivity index (χ3v) is 10.2. The molecule has 13 nitrogen and oxygen atoms in total. The molecule has 2 aromatic carbocycles. The first-order chi connectivity index (χ1) is 25.2. The van der Waals surface area contributed by atoms with Crippen molar-refractivity contribution in [1.82, 2.24) is 25.9 Å². The minimum atomic E-state index is -1.35. The summed E-state index contributed by atoms with van der Waals surface area (Å²) in [5, 5.41) is 5.60. The van der Waals surface area contributed by atoms with E-state index in [2.05, 4.69) is 16.1 Å². The van der Waals surface area contributed by atoms with Crippen molar-refractivity contribution in [2.24, 2.45) is 5.92 Å². The van der Waals surface area contributed by atoms with Crippen LogP contribution in [0.4, 0.5) is 18.4 Å². The van der Waals surface area contributed by atoms with E-state index in [0.717, 1.165) is 31.7 Å². The summed E-state index contributed by atoms with van der Waals surface area (Å²) >= 11 is 0. The zero-order valence-corrected chi connectivity index (χ0v) is 30.3. The summed E-state index contributed by atoms with van der Waals surface area (Å²) < 4.78 is 39.5. The van der Waals surface area contributed by atoms with Crippen molar-refractivity contribution in [1.29, 1.82) is 0 Å². The predicted octanol–water partition coefficient (Wildman–Crippen LogP) is 5.01. The van der Waals surface area contributed by atoms with Crippen molar-refractivity contribution in [3.63, 3.8) is 0 Å². The molecule has 0 bridgehead atoms. The van der Waals surface area contributed by atoms with Crippen LogP contribution in [0.1, 0.15) is 89.7 Å². The van der Waals surface area contributed by atoms with Gasteiger partial charge in [0, 0.05) is 24.6 Å². The van der Waals surface area contributed by atoms with E-state index in [4.69, 9.17) is 14.3 Å². The van der Waals surface area contributed by atoms with Gasteiger partial charge in [-0.1, -0.05) is 50.3 Å². The molecule has 15 heteroatoms. The molecular weight excluding hydrogens is 692 g/mol. The van der Waals surface area contributed by atoms with Crippen molar-refractivity contribution in [3.8, 4) is 5.75 Å². The lowest BCUT2D eigenvalue weighted by Crippen LogP contribution is -2.58. The van der Waals surface area contributed by atoms with Gasteiger partial charge in [-0.3, -0.25) is 19.3 Å². The first-order valence-electron chi connectivity index (χ1n) is 18.3. The molecular formula is C38H47F2N5O8. The monoisotopic (exact) mass is 739 g/mol. The number of nitrogens with zero attached hydrogens (tertiary/aromatic N) is 2. The fourth-order valence-electron chi connectivity index (χ4n) is 7.48. The van der Waals surface area contributed by atoms with E-state index < -0.39 is 70.9 Å². The average molecular weight is 740 g/mol. The minimum absolute atomic E-state index is 0.0126. The fraction of sp³-hybridized carbons (Fsp3) is 0.553.